The SMILES string of the molecule is CC(C)(C)OC(=O)CN1CCN(Cc2cn3ccccc3n2)CC1. The minimum absolute atomic E-state index is 0.142. The van der Waals surface area contributed by atoms with Gasteiger partial charge in [0, 0.05) is 45.1 Å². The van der Waals surface area contributed by atoms with E-state index >= 15 is 0 Å². The van der Waals surface area contributed by atoms with Gasteiger partial charge in [-0.05, 0) is 32.9 Å². The first-order valence-corrected chi connectivity index (χ1v) is 8.48. The summed E-state index contributed by atoms with van der Waals surface area (Å²) in [6, 6.07) is 6.03. The molecule has 0 amide bonds. The van der Waals surface area contributed by atoms with Crippen LogP contribution in [0.1, 0.15) is 26.5 Å². The van der Waals surface area contributed by atoms with Crippen LogP contribution in [-0.4, -0.2) is 63.5 Å². The maximum absolute atomic E-state index is 11.9. The predicted octanol–water partition coefficient (Wildman–Crippen LogP) is 1.79. The van der Waals surface area contributed by atoms with Gasteiger partial charge < -0.3 is 9.14 Å². The maximum Gasteiger partial charge on any atom is 0.320 e. The summed E-state index contributed by atoms with van der Waals surface area (Å²) in [6.07, 6.45) is 4.10. The van der Waals surface area contributed by atoms with E-state index in [9.17, 15) is 4.79 Å². The number of rotatable bonds is 4. The highest BCUT2D eigenvalue weighted by Gasteiger charge is 2.22. The van der Waals surface area contributed by atoms with Crippen LogP contribution in [0.5, 0.6) is 0 Å². The summed E-state index contributed by atoms with van der Waals surface area (Å²) in [4.78, 5) is 21.1. The zero-order chi connectivity index (χ0) is 17.2. The lowest BCUT2D eigenvalue weighted by Crippen LogP contribution is -2.48. The highest BCUT2D eigenvalue weighted by molar-refractivity contribution is 5.72. The Labute approximate surface area is 143 Å². The van der Waals surface area contributed by atoms with Crippen LogP contribution in [0.25, 0.3) is 5.65 Å². The molecule has 0 bridgehead atoms. The van der Waals surface area contributed by atoms with Crippen molar-refractivity contribution in [3.63, 3.8) is 0 Å². The Morgan fingerprint density at radius 3 is 2.54 bits per heavy atom. The molecular formula is C18H26N4O2. The zero-order valence-electron chi connectivity index (χ0n) is 14.7. The summed E-state index contributed by atoms with van der Waals surface area (Å²) in [5.41, 5.74) is 1.65. The van der Waals surface area contributed by atoms with E-state index in [0.29, 0.717) is 6.54 Å². The van der Waals surface area contributed by atoms with Crippen LogP contribution in [0.3, 0.4) is 0 Å². The molecule has 0 radical (unpaired) electrons. The van der Waals surface area contributed by atoms with E-state index in [1.807, 2.05) is 49.6 Å². The fourth-order valence-electron chi connectivity index (χ4n) is 2.95. The first kappa shape index (κ1) is 16.9. The number of carbonyl (C=O) groups excluding carboxylic acids is 1. The number of pyridine rings is 1. The third-order valence-corrected chi connectivity index (χ3v) is 4.04. The summed E-state index contributed by atoms with van der Waals surface area (Å²) < 4.78 is 7.44. The molecule has 1 aliphatic heterocycles. The van der Waals surface area contributed by atoms with Crippen molar-refractivity contribution in [3.05, 3.63) is 36.3 Å². The lowest BCUT2D eigenvalue weighted by atomic mass is 10.2. The third-order valence-electron chi connectivity index (χ3n) is 4.04. The molecule has 0 unspecified atom stereocenters. The number of hydrogen-bond donors (Lipinski definition) is 0. The Hall–Kier alpha value is -1.92. The molecule has 1 fully saturated rings. The van der Waals surface area contributed by atoms with Crippen LogP contribution in [0.15, 0.2) is 30.6 Å². The normalized spacial score (nSPS) is 17.3. The van der Waals surface area contributed by atoms with Gasteiger partial charge in [-0.1, -0.05) is 6.07 Å². The van der Waals surface area contributed by atoms with Gasteiger partial charge in [0.05, 0.1) is 12.2 Å². The number of ether oxygens (including phenoxy) is 1. The van der Waals surface area contributed by atoms with E-state index in [-0.39, 0.29) is 5.97 Å². The minimum atomic E-state index is -0.415. The number of carbonyl (C=O) groups is 1. The van der Waals surface area contributed by atoms with E-state index in [1.165, 1.54) is 0 Å². The number of nitrogens with zero attached hydrogens (tertiary/aromatic N) is 4. The molecule has 0 saturated carbocycles. The summed E-state index contributed by atoms with van der Waals surface area (Å²) in [7, 11) is 0. The third kappa shape index (κ3) is 4.55. The monoisotopic (exact) mass is 330 g/mol. The number of esters is 1. The first-order chi connectivity index (χ1) is 11.4. The fraction of sp³-hybridized carbons (Fsp3) is 0.556. The standard InChI is InChI=1S/C18H26N4O2/c1-18(2,3)24-17(23)14-21-10-8-20(9-11-21)12-15-13-22-7-5-4-6-16(22)19-15/h4-7,13H,8-12,14H2,1-3H3. The quantitative estimate of drug-likeness (QED) is 0.800. The van der Waals surface area contributed by atoms with Crippen molar-refractivity contribution in [2.75, 3.05) is 32.7 Å². The van der Waals surface area contributed by atoms with E-state index < -0.39 is 5.60 Å². The lowest BCUT2D eigenvalue weighted by Gasteiger charge is -2.34. The van der Waals surface area contributed by atoms with Gasteiger partial charge in [0.25, 0.3) is 0 Å². The Morgan fingerprint density at radius 2 is 1.88 bits per heavy atom. The van der Waals surface area contributed by atoms with Crippen LogP contribution < -0.4 is 0 Å². The molecule has 130 valence electrons. The smallest absolute Gasteiger partial charge is 0.320 e. The molecule has 0 aliphatic carbocycles. The fourth-order valence-corrected chi connectivity index (χ4v) is 2.95. The Morgan fingerprint density at radius 1 is 1.17 bits per heavy atom. The van der Waals surface area contributed by atoms with Crippen LogP contribution in [0.4, 0.5) is 0 Å². The Balaban J connectivity index is 1.47. The highest BCUT2D eigenvalue weighted by Crippen LogP contribution is 2.11. The number of imidazole rings is 1. The summed E-state index contributed by atoms with van der Waals surface area (Å²) in [5.74, 6) is -0.142. The molecule has 3 rings (SSSR count). The second-order valence-electron chi connectivity index (χ2n) is 7.34. The molecule has 6 heteroatoms. The molecule has 2 aromatic rings. The van der Waals surface area contributed by atoms with Crippen LogP contribution in [0, 0.1) is 0 Å². The second kappa shape index (κ2) is 6.91. The topological polar surface area (TPSA) is 50.1 Å². The van der Waals surface area contributed by atoms with Crippen LogP contribution in [0.2, 0.25) is 0 Å². The van der Waals surface area contributed by atoms with Crippen molar-refractivity contribution in [1.29, 1.82) is 0 Å². The van der Waals surface area contributed by atoms with Gasteiger partial charge in [-0.25, -0.2) is 4.98 Å². The van der Waals surface area contributed by atoms with Gasteiger partial charge in [0.15, 0.2) is 0 Å². The van der Waals surface area contributed by atoms with Crippen molar-refractivity contribution in [3.8, 4) is 0 Å². The van der Waals surface area contributed by atoms with E-state index in [1.54, 1.807) is 0 Å². The molecule has 24 heavy (non-hydrogen) atoms. The van der Waals surface area contributed by atoms with Gasteiger partial charge in [-0.15, -0.1) is 0 Å². The average Bonchev–Trinajstić information content (AvgIpc) is 2.89. The molecule has 2 aromatic heterocycles. The van der Waals surface area contributed by atoms with Gasteiger partial charge >= 0.3 is 5.97 Å². The van der Waals surface area contributed by atoms with E-state index in [0.717, 1.165) is 44.1 Å². The highest BCUT2D eigenvalue weighted by atomic mass is 16.6. The van der Waals surface area contributed by atoms with Gasteiger partial charge in [0.2, 0.25) is 0 Å². The van der Waals surface area contributed by atoms with Crippen molar-refractivity contribution < 1.29 is 9.53 Å². The Bertz CT molecular complexity index is 663. The predicted molar refractivity (Wildman–Crippen MR) is 92.8 cm³/mol. The van der Waals surface area contributed by atoms with Crippen LogP contribution >= 0.6 is 0 Å². The van der Waals surface area contributed by atoms with Crippen molar-refractivity contribution in [2.24, 2.45) is 0 Å². The minimum Gasteiger partial charge on any atom is -0.459 e. The molecule has 1 saturated heterocycles. The van der Waals surface area contributed by atoms with Gasteiger partial charge in [-0.2, -0.15) is 0 Å². The average molecular weight is 330 g/mol. The van der Waals surface area contributed by atoms with E-state index in [2.05, 4.69) is 21.0 Å². The van der Waals surface area contributed by atoms with Crippen molar-refractivity contribution >= 4 is 11.6 Å². The molecule has 3 heterocycles. The second-order valence-corrected chi connectivity index (χ2v) is 7.34. The number of fused-ring (bicyclic) bond motifs is 1. The number of hydrogen-bond acceptors (Lipinski definition) is 5. The molecule has 1 aliphatic rings. The number of piperazine rings is 1. The van der Waals surface area contributed by atoms with E-state index in [4.69, 9.17) is 4.74 Å². The molecule has 0 atom stereocenters. The summed E-state index contributed by atoms with van der Waals surface area (Å²) in [5, 5.41) is 0. The molecule has 0 aromatic carbocycles. The van der Waals surface area contributed by atoms with Gasteiger partial charge in [-0.3, -0.25) is 14.6 Å². The van der Waals surface area contributed by atoms with Crippen molar-refractivity contribution in [2.45, 2.75) is 32.9 Å². The summed E-state index contributed by atoms with van der Waals surface area (Å²) in [6.45, 7) is 10.6. The van der Waals surface area contributed by atoms with Crippen molar-refractivity contribution in [1.82, 2.24) is 19.2 Å². The summed E-state index contributed by atoms with van der Waals surface area (Å²) >= 11 is 0. The van der Waals surface area contributed by atoms with Crippen LogP contribution in [-0.2, 0) is 16.1 Å². The largest absolute Gasteiger partial charge is 0.459 e. The molecule has 6 nitrogen and oxygen atoms in total. The Kier molecular flexibility index (Phi) is 4.87. The first-order valence-electron chi connectivity index (χ1n) is 8.48. The van der Waals surface area contributed by atoms with Gasteiger partial charge in [0.1, 0.15) is 11.2 Å². The molecular weight excluding hydrogens is 304 g/mol. The zero-order valence-corrected chi connectivity index (χ0v) is 14.7. The maximum atomic E-state index is 11.9. The molecule has 0 N–H and O–H groups in total. The lowest BCUT2D eigenvalue weighted by molar-refractivity contribution is -0.156. The number of aromatic nitrogens is 2. The molecule has 0 spiro atoms.